The van der Waals surface area contributed by atoms with Crippen molar-refractivity contribution >= 4 is 5.96 Å². The fourth-order valence-corrected chi connectivity index (χ4v) is 2.06. The third kappa shape index (κ3) is 4.44. The number of nitrogens with zero attached hydrogens (tertiary/aromatic N) is 1. The number of ether oxygens (including phenoxy) is 1. The smallest absolute Gasteiger partial charge is 0.191 e. The molecule has 2 N–H and O–H groups in total. The van der Waals surface area contributed by atoms with Gasteiger partial charge in [-0.3, -0.25) is 4.99 Å². The Morgan fingerprint density at radius 2 is 2.15 bits per heavy atom. The summed E-state index contributed by atoms with van der Waals surface area (Å²) in [5.41, 5.74) is 2.17. The minimum Gasteiger partial charge on any atom is -0.488 e. The van der Waals surface area contributed by atoms with E-state index in [9.17, 15) is 0 Å². The molecule has 0 spiro atoms. The summed E-state index contributed by atoms with van der Waals surface area (Å²) in [7, 11) is 0. The number of aliphatic imine (C=N–C) groups is 1. The normalized spacial score (nSPS) is 15.3. The molecule has 110 valence electrons. The predicted molar refractivity (Wildman–Crippen MR) is 83.3 cm³/mol. The van der Waals surface area contributed by atoms with Crippen LogP contribution in [0.4, 0.5) is 0 Å². The largest absolute Gasteiger partial charge is 0.488 e. The zero-order valence-corrected chi connectivity index (χ0v) is 12.9. The van der Waals surface area contributed by atoms with Gasteiger partial charge in [-0.1, -0.05) is 12.1 Å². The molecule has 0 radical (unpaired) electrons. The summed E-state index contributed by atoms with van der Waals surface area (Å²) in [6.45, 7) is 10.9. The van der Waals surface area contributed by atoms with Crippen molar-refractivity contribution in [3.05, 3.63) is 29.3 Å². The molecule has 1 aliphatic heterocycles. The molecule has 2 rings (SSSR count). The van der Waals surface area contributed by atoms with E-state index >= 15 is 0 Å². The molecule has 0 bridgehead atoms. The van der Waals surface area contributed by atoms with E-state index in [1.54, 1.807) is 0 Å². The van der Waals surface area contributed by atoms with Gasteiger partial charge in [-0.05, 0) is 45.7 Å². The standard InChI is InChI=1S/C16H25N3O/c1-12-6-7-13(14(10-12)20-16(2,3)4)11-19-15-17-8-5-9-18-15/h6-7,10H,5,8-9,11H2,1-4H3,(H2,17,18,19). The van der Waals surface area contributed by atoms with Gasteiger partial charge < -0.3 is 15.4 Å². The van der Waals surface area contributed by atoms with Crippen molar-refractivity contribution in [3.63, 3.8) is 0 Å². The van der Waals surface area contributed by atoms with Gasteiger partial charge in [-0.2, -0.15) is 0 Å². The second-order valence-corrected chi connectivity index (χ2v) is 6.19. The lowest BCUT2D eigenvalue weighted by atomic mass is 10.1. The van der Waals surface area contributed by atoms with Crippen LogP contribution in [0, 0.1) is 6.92 Å². The molecule has 1 aromatic carbocycles. The fraction of sp³-hybridized carbons (Fsp3) is 0.562. The summed E-state index contributed by atoms with van der Waals surface area (Å²) >= 11 is 0. The van der Waals surface area contributed by atoms with E-state index < -0.39 is 0 Å². The van der Waals surface area contributed by atoms with Gasteiger partial charge in [-0.25, -0.2) is 0 Å². The van der Waals surface area contributed by atoms with Gasteiger partial charge in [0.1, 0.15) is 11.4 Å². The highest BCUT2D eigenvalue weighted by molar-refractivity contribution is 5.80. The van der Waals surface area contributed by atoms with Gasteiger partial charge in [0.25, 0.3) is 0 Å². The second kappa shape index (κ2) is 6.16. The monoisotopic (exact) mass is 275 g/mol. The number of guanidine groups is 1. The maximum absolute atomic E-state index is 6.05. The highest BCUT2D eigenvalue weighted by Gasteiger charge is 2.15. The lowest BCUT2D eigenvalue weighted by Gasteiger charge is -2.24. The first-order chi connectivity index (χ1) is 9.44. The number of aryl methyl sites for hydroxylation is 1. The molecular weight excluding hydrogens is 250 g/mol. The Balaban J connectivity index is 2.08. The van der Waals surface area contributed by atoms with E-state index in [0.29, 0.717) is 0 Å². The Hall–Kier alpha value is -1.71. The van der Waals surface area contributed by atoms with Crippen LogP contribution in [0.2, 0.25) is 0 Å². The Morgan fingerprint density at radius 1 is 1.35 bits per heavy atom. The van der Waals surface area contributed by atoms with Gasteiger partial charge in [0.15, 0.2) is 5.96 Å². The molecule has 0 atom stereocenters. The Bertz CT molecular complexity index is 489. The molecule has 0 saturated carbocycles. The first-order valence-corrected chi connectivity index (χ1v) is 7.25. The summed E-state index contributed by atoms with van der Waals surface area (Å²) in [6, 6.07) is 6.33. The number of benzene rings is 1. The van der Waals surface area contributed by atoms with E-state index in [0.717, 1.165) is 43.3 Å². The molecule has 1 heterocycles. The van der Waals surface area contributed by atoms with E-state index in [-0.39, 0.29) is 5.60 Å². The molecule has 0 aromatic heterocycles. The maximum Gasteiger partial charge on any atom is 0.191 e. The van der Waals surface area contributed by atoms with Crippen molar-refractivity contribution in [2.75, 3.05) is 13.1 Å². The van der Waals surface area contributed by atoms with E-state index in [1.165, 1.54) is 5.56 Å². The molecule has 4 nitrogen and oxygen atoms in total. The third-order valence-corrected chi connectivity index (χ3v) is 2.98. The molecular formula is C16H25N3O. The summed E-state index contributed by atoms with van der Waals surface area (Å²) < 4.78 is 6.05. The predicted octanol–water partition coefficient (Wildman–Crippen LogP) is 2.61. The van der Waals surface area contributed by atoms with Gasteiger partial charge >= 0.3 is 0 Å². The van der Waals surface area contributed by atoms with Crippen molar-refractivity contribution in [2.45, 2.75) is 46.3 Å². The Morgan fingerprint density at radius 3 is 2.80 bits per heavy atom. The molecule has 4 heteroatoms. The Kier molecular flexibility index (Phi) is 4.53. The summed E-state index contributed by atoms with van der Waals surface area (Å²) in [5, 5.41) is 6.61. The molecule has 0 amide bonds. The van der Waals surface area contributed by atoms with Crippen molar-refractivity contribution in [3.8, 4) is 5.75 Å². The van der Waals surface area contributed by atoms with Crippen LogP contribution in [-0.2, 0) is 6.54 Å². The first-order valence-electron chi connectivity index (χ1n) is 7.25. The van der Waals surface area contributed by atoms with E-state index in [1.807, 2.05) is 0 Å². The van der Waals surface area contributed by atoms with Crippen LogP contribution in [0.15, 0.2) is 23.2 Å². The topological polar surface area (TPSA) is 45.7 Å². The number of hydrogen-bond acceptors (Lipinski definition) is 4. The molecule has 0 fully saturated rings. The molecule has 0 aliphatic carbocycles. The molecule has 0 unspecified atom stereocenters. The van der Waals surface area contributed by atoms with E-state index in [2.05, 4.69) is 61.5 Å². The summed E-state index contributed by atoms with van der Waals surface area (Å²) in [4.78, 5) is 4.42. The van der Waals surface area contributed by atoms with Crippen LogP contribution in [0.3, 0.4) is 0 Å². The van der Waals surface area contributed by atoms with Gasteiger partial charge in [0, 0.05) is 25.2 Å². The van der Waals surface area contributed by atoms with Crippen LogP contribution in [0.1, 0.15) is 38.3 Å². The second-order valence-electron chi connectivity index (χ2n) is 6.19. The van der Waals surface area contributed by atoms with Crippen LogP contribution in [0.25, 0.3) is 0 Å². The quantitative estimate of drug-likeness (QED) is 0.891. The first kappa shape index (κ1) is 14.7. The van der Waals surface area contributed by atoms with Crippen molar-refractivity contribution < 1.29 is 4.74 Å². The average molecular weight is 275 g/mol. The Labute approximate surface area is 121 Å². The van der Waals surface area contributed by atoms with Crippen molar-refractivity contribution in [1.29, 1.82) is 0 Å². The highest BCUT2D eigenvalue weighted by atomic mass is 16.5. The zero-order valence-electron chi connectivity index (χ0n) is 12.9. The van der Waals surface area contributed by atoms with Gasteiger partial charge in [0.2, 0.25) is 0 Å². The van der Waals surface area contributed by atoms with Crippen LogP contribution in [0.5, 0.6) is 5.75 Å². The third-order valence-electron chi connectivity index (χ3n) is 2.98. The fourth-order valence-electron chi connectivity index (χ4n) is 2.06. The minimum absolute atomic E-state index is 0.191. The molecule has 1 aromatic rings. The van der Waals surface area contributed by atoms with Crippen molar-refractivity contribution in [1.82, 2.24) is 10.6 Å². The van der Waals surface area contributed by atoms with Crippen molar-refractivity contribution in [2.24, 2.45) is 4.99 Å². The van der Waals surface area contributed by atoms with E-state index in [4.69, 9.17) is 4.74 Å². The number of rotatable bonds is 3. The summed E-state index contributed by atoms with van der Waals surface area (Å²) in [5.74, 6) is 1.83. The van der Waals surface area contributed by atoms with Crippen LogP contribution >= 0.6 is 0 Å². The van der Waals surface area contributed by atoms with Gasteiger partial charge in [0.05, 0.1) is 0 Å². The number of hydrogen-bond donors (Lipinski definition) is 2. The van der Waals surface area contributed by atoms with Crippen LogP contribution < -0.4 is 15.4 Å². The lowest BCUT2D eigenvalue weighted by molar-refractivity contribution is 0.129. The summed E-state index contributed by atoms with van der Waals surface area (Å²) in [6.07, 6.45) is 1.11. The molecule has 0 saturated heterocycles. The van der Waals surface area contributed by atoms with Crippen LogP contribution in [-0.4, -0.2) is 24.7 Å². The highest BCUT2D eigenvalue weighted by Crippen LogP contribution is 2.24. The molecule has 1 aliphatic rings. The number of nitrogens with one attached hydrogen (secondary N) is 2. The SMILES string of the molecule is Cc1ccc(CNC2=NCCCN2)c(OC(C)(C)C)c1. The van der Waals surface area contributed by atoms with Gasteiger partial charge in [-0.15, -0.1) is 0 Å². The molecule has 20 heavy (non-hydrogen) atoms. The average Bonchev–Trinajstić information content (AvgIpc) is 2.37. The maximum atomic E-state index is 6.05. The lowest BCUT2D eigenvalue weighted by Crippen LogP contribution is -2.40. The zero-order chi connectivity index (χ0) is 14.6. The minimum atomic E-state index is -0.191.